The molecular formula is C25H25ClF4N4O5. The quantitative estimate of drug-likeness (QED) is 0.241. The molecule has 4 rings (SSSR count). The van der Waals surface area contributed by atoms with Crippen molar-refractivity contribution in [1.82, 2.24) is 15.2 Å². The van der Waals surface area contributed by atoms with E-state index in [0.29, 0.717) is 50.2 Å². The molecule has 0 atom stereocenters. The van der Waals surface area contributed by atoms with Crippen LogP contribution in [0.5, 0.6) is 5.75 Å². The van der Waals surface area contributed by atoms with Gasteiger partial charge in [-0.3, -0.25) is 9.89 Å². The number of alkyl halides is 3. The maximum Gasteiger partial charge on any atom is 0.490 e. The lowest BCUT2D eigenvalue weighted by Crippen LogP contribution is -2.39. The molecule has 0 amide bonds. The van der Waals surface area contributed by atoms with Crippen molar-refractivity contribution in [1.29, 1.82) is 0 Å². The number of benzene rings is 1. The first-order valence-electron chi connectivity index (χ1n) is 11.8. The van der Waals surface area contributed by atoms with Crippen molar-refractivity contribution in [3.8, 4) is 5.75 Å². The summed E-state index contributed by atoms with van der Waals surface area (Å²) < 4.78 is 51.7. The Labute approximate surface area is 225 Å². The van der Waals surface area contributed by atoms with Gasteiger partial charge in [-0.2, -0.15) is 18.3 Å². The number of anilines is 2. The molecule has 1 aliphatic carbocycles. The first-order valence-corrected chi connectivity index (χ1v) is 12.1. The summed E-state index contributed by atoms with van der Waals surface area (Å²) >= 11 is 5.82. The standard InChI is InChI=1S/C23H24ClFN4O3.C2HF3O2/c24-17-4-2-5-18(21(17)25)32-16-8-12-23(13-9-16,22(30)31)11-7-15-3-1-6-19(27-15)28-20-10-14-26-29-20;3-2(4,5)1(6)7/h1-6,10,14,16H,7-9,11-13H2,(H,30,31)(H2,26,27,28,29);(H,6,7)/t16-,23-;. The molecule has 210 valence electrons. The van der Waals surface area contributed by atoms with Crippen LogP contribution in [0.15, 0.2) is 48.7 Å². The van der Waals surface area contributed by atoms with Gasteiger partial charge in [-0.25, -0.2) is 14.2 Å². The van der Waals surface area contributed by atoms with Gasteiger partial charge in [0, 0.05) is 18.0 Å². The second kappa shape index (κ2) is 12.8. The largest absolute Gasteiger partial charge is 0.490 e. The number of pyridine rings is 1. The summed E-state index contributed by atoms with van der Waals surface area (Å²) in [6.07, 6.45) is -0.616. The molecule has 14 heteroatoms. The van der Waals surface area contributed by atoms with Crippen molar-refractivity contribution in [2.24, 2.45) is 5.41 Å². The molecule has 0 unspecified atom stereocenters. The van der Waals surface area contributed by atoms with E-state index in [1.807, 2.05) is 18.2 Å². The van der Waals surface area contributed by atoms with E-state index in [4.69, 9.17) is 26.2 Å². The van der Waals surface area contributed by atoms with E-state index in [1.54, 1.807) is 18.3 Å². The Balaban J connectivity index is 0.000000532. The number of aliphatic carboxylic acids is 2. The van der Waals surface area contributed by atoms with Crippen molar-refractivity contribution in [3.63, 3.8) is 0 Å². The highest BCUT2D eigenvalue weighted by molar-refractivity contribution is 6.30. The molecule has 1 aliphatic rings. The van der Waals surface area contributed by atoms with Crippen LogP contribution in [-0.4, -0.2) is 49.6 Å². The van der Waals surface area contributed by atoms with E-state index in [9.17, 15) is 27.5 Å². The molecule has 4 N–H and O–H groups in total. The van der Waals surface area contributed by atoms with Crippen LogP contribution in [0.25, 0.3) is 0 Å². The highest BCUT2D eigenvalue weighted by Crippen LogP contribution is 2.42. The number of aromatic amines is 1. The maximum absolute atomic E-state index is 14.1. The first kappa shape index (κ1) is 29.7. The van der Waals surface area contributed by atoms with Gasteiger partial charge in [-0.15, -0.1) is 0 Å². The number of rotatable bonds is 8. The fourth-order valence-electron chi connectivity index (χ4n) is 4.10. The van der Waals surface area contributed by atoms with Crippen LogP contribution >= 0.6 is 11.6 Å². The number of carboxylic acids is 2. The Kier molecular flexibility index (Phi) is 9.73. The van der Waals surface area contributed by atoms with E-state index in [-0.39, 0.29) is 16.9 Å². The van der Waals surface area contributed by atoms with Gasteiger partial charge in [0.1, 0.15) is 5.82 Å². The number of hydrogen-bond acceptors (Lipinski definition) is 6. The van der Waals surface area contributed by atoms with Gasteiger partial charge in [0.25, 0.3) is 0 Å². The second-order valence-corrected chi connectivity index (χ2v) is 9.26. The molecule has 1 aromatic carbocycles. The Morgan fingerprint density at radius 3 is 2.36 bits per heavy atom. The van der Waals surface area contributed by atoms with E-state index < -0.39 is 29.3 Å². The van der Waals surface area contributed by atoms with E-state index in [1.165, 1.54) is 12.1 Å². The van der Waals surface area contributed by atoms with E-state index >= 15 is 0 Å². The van der Waals surface area contributed by atoms with Crippen molar-refractivity contribution >= 4 is 35.2 Å². The van der Waals surface area contributed by atoms with Crippen molar-refractivity contribution in [3.05, 3.63) is 65.2 Å². The number of hydrogen-bond donors (Lipinski definition) is 4. The van der Waals surface area contributed by atoms with Gasteiger partial charge < -0.3 is 20.3 Å². The summed E-state index contributed by atoms with van der Waals surface area (Å²) in [6.45, 7) is 0. The molecule has 2 aromatic heterocycles. The molecule has 0 radical (unpaired) electrons. The summed E-state index contributed by atoms with van der Waals surface area (Å²) in [7, 11) is 0. The Hall–Kier alpha value is -3.87. The van der Waals surface area contributed by atoms with Gasteiger partial charge >= 0.3 is 18.1 Å². The highest BCUT2D eigenvalue weighted by Gasteiger charge is 2.42. The number of nitrogens with one attached hydrogen (secondary N) is 2. The number of carboxylic acid groups (broad SMARTS) is 2. The SMILES string of the molecule is O=C(O)C(F)(F)F.O=C(O)[C@]1(CCc2cccc(Nc3cc[nH]n3)n2)CC[C@@H](Oc2cccc(Cl)c2F)CC1. The molecule has 0 spiro atoms. The summed E-state index contributed by atoms with van der Waals surface area (Å²) in [5, 5.41) is 27.0. The van der Waals surface area contributed by atoms with Crippen LogP contribution in [0.1, 0.15) is 37.8 Å². The predicted molar refractivity (Wildman–Crippen MR) is 132 cm³/mol. The Bertz CT molecular complexity index is 1270. The Morgan fingerprint density at radius 1 is 1.10 bits per heavy atom. The molecule has 0 saturated heterocycles. The average Bonchev–Trinajstić information content (AvgIpc) is 3.39. The highest BCUT2D eigenvalue weighted by atomic mass is 35.5. The lowest BCUT2D eigenvalue weighted by molar-refractivity contribution is -0.192. The lowest BCUT2D eigenvalue weighted by atomic mass is 9.70. The topological polar surface area (TPSA) is 137 Å². The zero-order valence-corrected chi connectivity index (χ0v) is 21.1. The van der Waals surface area contributed by atoms with Crippen LogP contribution in [0.3, 0.4) is 0 Å². The molecule has 3 aromatic rings. The third-order valence-electron chi connectivity index (χ3n) is 6.22. The smallest absolute Gasteiger partial charge is 0.487 e. The van der Waals surface area contributed by atoms with Crippen LogP contribution in [0, 0.1) is 11.2 Å². The number of nitrogens with zero attached hydrogens (tertiary/aromatic N) is 2. The van der Waals surface area contributed by atoms with Crippen LogP contribution in [-0.2, 0) is 16.0 Å². The third-order valence-corrected chi connectivity index (χ3v) is 6.51. The van der Waals surface area contributed by atoms with Gasteiger partial charge in [0.05, 0.1) is 16.5 Å². The van der Waals surface area contributed by atoms with Gasteiger partial charge in [-0.1, -0.05) is 23.7 Å². The monoisotopic (exact) mass is 572 g/mol. The maximum atomic E-state index is 14.1. The number of H-pyrrole nitrogens is 1. The molecule has 39 heavy (non-hydrogen) atoms. The lowest BCUT2D eigenvalue weighted by Gasteiger charge is -2.37. The first-order chi connectivity index (χ1) is 18.4. The fourth-order valence-corrected chi connectivity index (χ4v) is 4.27. The zero-order chi connectivity index (χ0) is 28.6. The van der Waals surface area contributed by atoms with Gasteiger partial charge in [0.15, 0.2) is 17.4 Å². The predicted octanol–water partition coefficient (Wildman–Crippen LogP) is 6.00. The van der Waals surface area contributed by atoms with Crippen LogP contribution in [0.4, 0.5) is 29.2 Å². The Morgan fingerprint density at radius 2 is 1.77 bits per heavy atom. The fraction of sp³-hybridized carbons (Fsp3) is 0.360. The van der Waals surface area contributed by atoms with E-state index in [2.05, 4.69) is 20.5 Å². The minimum Gasteiger partial charge on any atom is -0.487 e. The van der Waals surface area contributed by atoms with Gasteiger partial charge in [0.2, 0.25) is 0 Å². The summed E-state index contributed by atoms with van der Waals surface area (Å²) in [4.78, 5) is 25.6. The van der Waals surface area contributed by atoms with Gasteiger partial charge in [-0.05, 0) is 62.8 Å². The molecule has 1 saturated carbocycles. The number of halogens is 5. The third kappa shape index (κ3) is 8.31. The molecule has 0 aliphatic heterocycles. The average molecular weight is 573 g/mol. The van der Waals surface area contributed by atoms with Crippen molar-refractivity contribution < 1.29 is 42.1 Å². The molecular weight excluding hydrogens is 548 g/mol. The van der Waals surface area contributed by atoms with Crippen LogP contribution < -0.4 is 10.1 Å². The number of aromatic nitrogens is 3. The number of aryl methyl sites for hydroxylation is 1. The normalized spacial score (nSPS) is 18.9. The number of carbonyl (C=O) groups is 2. The number of ether oxygens (including phenoxy) is 1. The van der Waals surface area contributed by atoms with Crippen molar-refractivity contribution in [2.45, 2.75) is 50.8 Å². The van der Waals surface area contributed by atoms with Crippen molar-refractivity contribution in [2.75, 3.05) is 5.32 Å². The zero-order valence-electron chi connectivity index (χ0n) is 20.3. The summed E-state index contributed by atoms with van der Waals surface area (Å²) in [5.41, 5.74) is -0.0365. The molecule has 1 fully saturated rings. The molecule has 9 nitrogen and oxygen atoms in total. The molecule has 2 heterocycles. The minimum atomic E-state index is -5.08. The minimum absolute atomic E-state index is 0.00898. The molecule has 0 bridgehead atoms. The second-order valence-electron chi connectivity index (χ2n) is 8.86. The van der Waals surface area contributed by atoms with Crippen LogP contribution in [0.2, 0.25) is 5.02 Å². The van der Waals surface area contributed by atoms with E-state index in [0.717, 1.165) is 5.69 Å². The summed E-state index contributed by atoms with van der Waals surface area (Å²) in [5.74, 6) is -2.73. The summed E-state index contributed by atoms with van der Waals surface area (Å²) in [6, 6.07) is 12.0.